The summed E-state index contributed by atoms with van der Waals surface area (Å²) in [5.74, 6) is -2.73. The van der Waals surface area contributed by atoms with Crippen LogP contribution in [0.5, 0.6) is 5.75 Å². The number of ether oxygens (including phenoxy) is 1. The van der Waals surface area contributed by atoms with E-state index in [-0.39, 0.29) is 12.8 Å². The van der Waals surface area contributed by atoms with Crippen LogP contribution in [0.2, 0.25) is 5.02 Å². The van der Waals surface area contributed by atoms with Crippen LogP contribution in [-0.2, 0) is 9.63 Å². The minimum absolute atomic E-state index is 0.375. The number of alkyl halides is 2. The van der Waals surface area contributed by atoms with Crippen molar-refractivity contribution in [2.45, 2.75) is 37.9 Å². The molecule has 0 heterocycles. The maximum Gasteiger partial charge on any atom is 0.284 e. The van der Waals surface area contributed by atoms with E-state index in [4.69, 9.17) is 21.2 Å². The van der Waals surface area contributed by atoms with Gasteiger partial charge >= 0.3 is 0 Å². The van der Waals surface area contributed by atoms with Crippen molar-refractivity contribution in [3.8, 4) is 5.75 Å². The molecule has 0 spiro atoms. The average molecular weight is 306 g/mol. The molecule has 1 atom stereocenters. The molecule has 0 bridgehead atoms. The van der Waals surface area contributed by atoms with Crippen molar-refractivity contribution < 1.29 is 23.1 Å². The zero-order chi connectivity index (χ0) is 14.8. The number of benzene rings is 1. The Labute approximate surface area is 120 Å². The van der Waals surface area contributed by atoms with Crippen molar-refractivity contribution in [2.75, 3.05) is 0 Å². The van der Waals surface area contributed by atoms with Gasteiger partial charge in [0.25, 0.3) is 11.8 Å². The molecule has 1 N–H and O–H groups in total. The summed E-state index contributed by atoms with van der Waals surface area (Å²) >= 11 is 5.72. The molecule has 0 saturated heterocycles. The van der Waals surface area contributed by atoms with E-state index in [0.717, 1.165) is 0 Å². The largest absolute Gasteiger partial charge is 0.481 e. The first kappa shape index (κ1) is 15.0. The van der Waals surface area contributed by atoms with Gasteiger partial charge in [-0.25, -0.2) is 14.3 Å². The van der Waals surface area contributed by atoms with Crippen LogP contribution in [-0.4, -0.2) is 24.0 Å². The van der Waals surface area contributed by atoms with Gasteiger partial charge < -0.3 is 4.74 Å². The zero-order valence-corrected chi connectivity index (χ0v) is 11.5. The summed E-state index contributed by atoms with van der Waals surface area (Å²) < 4.78 is 30.5. The number of hydrogen-bond acceptors (Lipinski definition) is 3. The lowest BCUT2D eigenvalue weighted by molar-refractivity contribution is -0.194. The Hall–Kier alpha value is -1.40. The molecule has 0 aromatic heterocycles. The molecule has 1 fully saturated rings. The quantitative estimate of drug-likeness (QED) is 0.851. The highest BCUT2D eigenvalue weighted by Crippen LogP contribution is 2.38. The van der Waals surface area contributed by atoms with Gasteiger partial charge in [-0.1, -0.05) is 11.6 Å². The van der Waals surface area contributed by atoms with Crippen molar-refractivity contribution in [1.82, 2.24) is 5.48 Å². The molecule has 0 radical (unpaired) electrons. The third-order valence-corrected chi connectivity index (χ3v) is 3.13. The van der Waals surface area contributed by atoms with Gasteiger partial charge in [0.1, 0.15) is 5.75 Å². The van der Waals surface area contributed by atoms with Crippen molar-refractivity contribution >= 4 is 17.5 Å². The highest BCUT2D eigenvalue weighted by Gasteiger charge is 2.46. The Kier molecular flexibility index (Phi) is 4.45. The Bertz CT molecular complexity index is 473. The number of halogens is 3. The summed E-state index contributed by atoms with van der Waals surface area (Å²) in [6.07, 6.45) is -2.20. The molecule has 0 unspecified atom stereocenters. The zero-order valence-electron chi connectivity index (χ0n) is 10.7. The third kappa shape index (κ3) is 4.05. The van der Waals surface area contributed by atoms with Crippen LogP contribution < -0.4 is 10.2 Å². The van der Waals surface area contributed by atoms with E-state index in [1.807, 2.05) is 0 Å². The van der Waals surface area contributed by atoms with Crippen molar-refractivity contribution in [2.24, 2.45) is 0 Å². The fourth-order valence-electron chi connectivity index (χ4n) is 1.68. The molecule has 1 aliphatic rings. The van der Waals surface area contributed by atoms with Crippen LogP contribution in [0.4, 0.5) is 8.78 Å². The van der Waals surface area contributed by atoms with E-state index in [2.05, 4.69) is 5.48 Å². The van der Waals surface area contributed by atoms with Gasteiger partial charge in [-0.05, 0) is 31.2 Å². The molecule has 1 amide bonds. The van der Waals surface area contributed by atoms with Crippen LogP contribution in [0.3, 0.4) is 0 Å². The predicted octanol–water partition coefficient (Wildman–Crippen LogP) is 2.95. The first-order chi connectivity index (χ1) is 9.35. The molecule has 1 aromatic carbocycles. The van der Waals surface area contributed by atoms with Gasteiger partial charge in [0.05, 0.1) is 6.10 Å². The van der Waals surface area contributed by atoms with Gasteiger partial charge in [-0.3, -0.25) is 9.63 Å². The predicted molar refractivity (Wildman–Crippen MR) is 68.7 cm³/mol. The Morgan fingerprint density at radius 3 is 2.55 bits per heavy atom. The summed E-state index contributed by atoms with van der Waals surface area (Å²) in [6.45, 7) is 1.53. The van der Waals surface area contributed by atoms with Crippen molar-refractivity contribution in [3.05, 3.63) is 29.3 Å². The van der Waals surface area contributed by atoms with Crippen molar-refractivity contribution in [1.29, 1.82) is 0 Å². The maximum absolute atomic E-state index is 12.6. The summed E-state index contributed by atoms with van der Waals surface area (Å²) in [5, 5.41) is 0.559. The van der Waals surface area contributed by atoms with E-state index in [9.17, 15) is 13.6 Å². The van der Waals surface area contributed by atoms with Crippen LogP contribution in [0.1, 0.15) is 19.8 Å². The topological polar surface area (TPSA) is 47.6 Å². The van der Waals surface area contributed by atoms with E-state index >= 15 is 0 Å². The minimum Gasteiger partial charge on any atom is -0.481 e. The van der Waals surface area contributed by atoms with Gasteiger partial charge in [-0.15, -0.1) is 0 Å². The second kappa shape index (κ2) is 5.93. The number of nitrogens with one attached hydrogen (secondary N) is 1. The van der Waals surface area contributed by atoms with Crippen LogP contribution in [0.15, 0.2) is 24.3 Å². The first-order valence-corrected chi connectivity index (χ1v) is 6.49. The Morgan fingerprint density at radius 1 is 1.40 bits per heavy atom. The lowest BCUT2D eigenvalue weighted by atomic mass is 9.91. The molecule has 2 rings (SSSR count). The van der Waals surface area contributed by atoms with E-state index in [0.29, 0.717) is 10.8 Å². The molecule has 20 heavy (non-hydrogen) atoms. The molecule has 4 nitrogen and oxygen atoms in total. The lowest BCUT2D eigenvalue weighted by Gasteiger charge is -2.34. The second-order valence-electron chi connectivity index (χ2n) is 4.68. The number of hydrogen-bond donors (Lipinski definition) is 1. The molecule has 1 aromatic rings. The van der Waals surface area contributed by atoms with Crippen LogP contribution >= 0.6 is 11.6 Å². The summed E-state index contributed by atoms with van der Waals surface area (Å²) in [4.78, 5) is 16.5. The molecular formula is C13H14ClF2NO3. The number of hydroxylamine groups is 1. The average Bonchev–Trinajstić information content (AvgIpc) is 2.36. The maximum atomic E-state index is 12.6. The van der Waals surface area contributed by atoms with Gasteiger partial charge in [0, 0.05) is 17.9 Å². The van der Waals surface area contributed by atoms with Gasteiger partial charge in [-0.2, -0.15) is 0 Å². The van der Waals surface area contributed by atoms with E-state index in [1.165, 1.54) is 6.92 Å². The Balaban J connectivity index is 1.73. The van der Waals surface area contributed by atoms with E-state index in [1.54, 1.807) is 24.3 Å². The number of rotatable bonds is 5. The van der Waals surface area contributed by atoms with Gasteiger partial charge in [0.15, 0.2) is 6.10 Å². The molecule has 1 aliphatic carbocycles. The van der Waals surface area contributed by atoms with Crippen LogP contribution in [0.25, 0.3) is 0 Å². The SMILES string of the molecule is C[C@H](Oc1ccc(Cl)cc1)C(=O)NOC1CC(F)(F)C1. The first-order valence-electron chi connectivity index (χ1n) is 6.11. The highest BCUT2D eigenvalue weighted by atomic mass is 35.5. The summed E-state index contributed by atoms with van der Waals surface area (Å²) in [6, 6.07) is 6.52. The van der Waals surface area contributed by atoms with Crippen LogP contribution in [0, 0.1) is 0 Å². The molecule has 110 valence electrons. The highest BCUT2D eigenvalue weighted by molar-refractivity contribution is 6.30. The molecular weight excluding hydrogens is 292 g/mol. The fourth-order valence-corrected chi connectivity index (χ4v) is 1.81. The summed E-state index contributed by atoms with van der Waals surface area (Å²) in [5.41, 5.74) is 2.13. The normalized spacial score (nSPS) is 19.0. The van der Waals surface area contributed by atoms with Gasteiger partial charge in [0.2, 0.25) is 0 Å². The standard InChI is InChI=1S/C13H14ClF2NO3/c1-8(19-10-4-2-9(14)3-5-10)12(18)17-20-11-6-13(15,16)7-11/h2-5,8,11H,6-7H2,1H3,(H,17,18)/t8-/m0/s1. The van der Waals surface area contributed by atoms with Crippen molar-refractivity contribution in [3.63, 3.8) is 0 Å². The minimum atomic E-state index is -2.68. The molecule has 7 heteroatoms. The monoisotopic (exact) mass is 305 g/mol. The third-order valence-electron chi connectivity index (χ3n) is 2.87. The fraction of sp³-hybridized carbons (Fsp3) is 0.462. The number of carbonyl (C=O) groups is 1. The summed E-state index contributed by atoms with van der Waals surface area (Å²) in [7, 11) is 0. The number of carbonyl (C=O) groups excluding carboxylic acids is 1. The molecule has 1 saturated carbocycles. The second-order valence-corrected chi connectivity index (χ2v) is 5.12. The number of amides is 1. The molecule has 0 aliphatic heterocycles. The Morgan fingerprint density at radius 2 is 2.00 bits per heavy atom. The van der Waals surface area contributed by atoms with E-state index < -0.39 is 24.0 Å². The smallest absolute Gasteiger partial charge is 0.284 e. The lowest BCUT2D eigenvalue weighted by Crippen LogP contribution is -2.47.